The molecule has 2 unspecified atom stereocenters. The lowest BCUT2D eigenvalue weighted by Crippen LogP contribution is -2.60. The fraction of sp³-hybridized carbons (Fsp3) is 0.542. The van der Waals surface area contributed by atoms with Gasteiger partial charge in [-0.15, -0.1) is 0 Å². The average molecular weight is 1150 g/mol. The number of nitrogens with zero attached hydrogens (tertiary/aromatic N) is 5. The van der Waals surface area contributed by atoms with E-state index in [1.165, 1.54) is 38.3 Å². The minimum Gasteiger partial charge on any atom is -0.502 e. The summed E-state index contributed by atoms with van der Waals surface area (Å²) in [5, 5.41) is 39.9. The van der Waals surface area contributed by atoms with Crippen molar-refractivity contribution in [1.82, 2.24) is 56.2 Å². The number of imidazole rings is 1. The normalized spacial score (nSPS) is 23.4. The number of hydrogen-bond donors (Lipinski definition) is 8. The number of phenolic OH excluding ortho intramolecular Hbond substituents is 1. The first-order chi connectivity index (χ1) is 39.2. The molecule has 450 valence electrons. The van der Waals surface area contributed by atoms with Crippen molar-refractivity contribution in [1.29, 1.82) is 0 Å². The topological polar surface area (TPSA) is 325 Å². The third kappa shape index (κ3) is 16.5. The number of amides is 8. The maximum Gasteiger partial charge on any atom is 0.310 e. The van der Waals surface area contributed by atoms with E-state index in [4.69, 9.17) is 4.74 Å². The summed E-state index contributed by atoms with van der Waals surface area (Å²) in [6.45, 7) is 16.9. The van der Waals surface area contributed by atoms with Crippen molar-refractivity contribution in [3.05, 3.63) is 100 Å². The number of rotatable bonds is 19. The maximum absolute atomic E-state index is 15.4. The number of H-pyrrole nitrogens is 1. The summed E-state index contributed by atoms with van der Waals surface area (Å²) in [5.41, 5.74) is 1.24. The van der Waals surface area contributed by atoms with Crippen LogP contribution in [0.1, 0.15) is 105 Å². The summed E-state index contributed by atoms with van der Waals surface area (Å²) < 4.78 is 7.85. The molecule has 2 aliphatic heterocycles. The van der Waals surface area contributed by atoms with Crippen LogP contribution >= 0.6 is 0 Å². The number of para-hydroxylation sites is 1. The molecule has 2 saturated heterocycles. The standard InChI is InChI=1S/C59H82N12O12/c1-12-13-17-41-52(74)67-44(28-38-30-70(59(8,9)50-31-83-50)45-18-15-14-16-40(38)45)58(80)69(11)47(24-34(4)5)55(77)66-43(26-37-19-20-49(72)46(27-37)71(81)82)53(75)63-36(7)57(79)68(10)48(56(78)65-42(23-33(2)3)54(76)64-41)25-35(6)51(73)61-22-21-39-29-60-32-62-39/h12-16,18-20,27,29-30,32-36,41-44,47-48,50,72H,17,21-26,28,31H2,1-11H3,(H,60,62)(H,61,73)(H,63,75)(H,64,76)(H,65,78)(H,66,77)(H,67,74)/b13-12+/t35?,36-,41-,42-,43-,44-,47-,48-,50?/m0/s1. The van der Waals surface area contributed by atoms with Crippen LogP contribution in [0.25, 0.3) is 10.9 Å². The van der Waals surface area contributed by atoms with Crippen LogP contribution in [0.3, 0.4) is 0 Å². The van der Waals surface area contributed by atoms with Gasteiger partial charge in [0.2, 0.25) is 47.3 Å². The van der Waals surface area contributed by atoms with E-state index in [0.29, 0.717) is 18.6 Å². The second-order valence-corrected chi connectivity index (χ2v) is 23.2. The minimum absolute atomic E-state index is 0.0439. The van der Waals surface area contributed by atoms with Gasteiger partial charge in [0.05, 0.1) is 23.4 Å². The molecule has 0 radical (unpaired) electrons. The van der Waals surface area contributed by atoms with E-state index in [0.717, 1.165) is 33.6 Å². The number of aromatic nitrogens is 3. The van der Waals surface area contributed by atoms with Crippen LogP contribution in [-0.2, 0) is 67.9 Å². The number of carbonyl (C=O) groups is 8. The van der Waals surface area contributed by atoms with Crippen LogP contribution in [0.15, 0.2) is 73.3 Å². The monoisotopic (exact) mass is 1150 g/mol. The first kappa shape index (κ1) is 64.0. The van der Waals surface area contributed by atoms with Crippen LogP contribution in [0.4, 0.5) is 5.69 Å². The number of phenols is 1. The van der Waals surface area contributed by atoms with Gasteiger partial charge in [-0.1, -0.05) is 71.0 Å². The molecule has 0 bridgehead atoms. The smallest absolute Gasteiger partial charge is 0.310 e. The second-order valence-electron chi connectivity index (χ2n) is 23.2. The van der Waals surface area contributed by atoms with Crippen molar-refractivity contribution < 1.29 is 53.1 Å². The van der Waals surface area contributed by atoms with Crippen molar-refractivity contribution in [3.8, 4) is 5.75 Å². The number of benzene rings is 2. The van der Waals surface area contributed by atoms with Crippen LogP contribution in [0.5, 0.6) is 5.75 Å². The van der Waals surface area contributed by atoms with Gasteiger partial charge in [0.25, 0.3) is 0 Å². The number of nitrogens with one attached hydrogen (secondary N) is 7. The molecule has 8 N–H and O–H groups in total. The minimum atomic E-state index is -1.58. The molecule has 6 rings (SSSR count). The lowest BCUT2D eigenvalue weighted by Gasteiger charge is -2.33. The second kappa shape index (κ2) is 28.2. The summed E-state index contributed by atoms with van der Waals surface area (Å²) in [4.78, 5) is 138. The van der Waals surface area contributed by atoms with Gasteiger partial charge in [0, 0.05) is 80.9 Å². The third-order valence-electron chi connectivity index (χ3n) is 15.4. The highest BCUT2D eigenvalue weighted by atomic mass is 16.6. The highest BCUT2D eigenvalue weighted by molar-refractivity contribution is 5.99. The van der Waals surface area contributed by atoms with Gasteiger partial charge in [-0.05, 0) is 88.5 Å². The number of carbonyl (C=O) groups excluding carboxylic acids is 8. The summed E-state index contributed by atoms with van der Waals surface area (Å²) in [6.07, 6.45) is 8.07. The molecule has 83 heavy (non-hydrogen) atoms. The Labute approximate surface area is 483 Å². The molecule has 0 saturated carbocycles. The van der Waals surface area contributed by atoms with Crippen LogP contribution in [-0.4, -0.2) is 157 Å². The predicted octanol–water partition coefficient (Wildman–Crippen LogP) is 3.45. The van der Waals surface area contributed by atoms with E-state index < -0.39 is 124 Å². The van der Waals surface area contributed by atoms with Gasteiger partial charge in [-0.2, -0.15) is 0 Å². The zero-order chi connectivity index (χ0) is 61.0. The molecule has 24 nitrogen and oxygen atoms in total. The number of nitro groups is 1. The quantitative estimate of drug-likeness (QED) is 0.0289. The van der Waals surface area contributed by atoms with Crippen LogP contribution in [0, 0.1) is 27.9 Å². The molecule has 8 amide bonds. The summed E-state index contributed by atoms with van der Waals surface area (Å²) in [6, 6.07) is 1.34. The Morgan fingerprint density at radius 2 is 1.42 bits per heavy atom. The molecule has 0 aliphatic carbocycles. The Bertz CT molecular complexity index is 3020. The number of fused-ring (bicyclic) bond motifs is 1. The van der Waals surface area contributed by atoms with E-state index in [2.05, 4.69) is 46.4 Å². The van der Waals surface area contributed by atoms with E-state index in [1.807, 2.05) is 72.0 Å². The summed E-state index contributed by atoms with van der Waals surface area (Å²) in [5.74, 6) is -8.01. The van der Waals surface area contributed by atoms with Gasteiger partial charge in [-0.3, -0.25) is 48.5 Å². The van der Waals surface area contributed by atoms with Crippen LogP contribution in [0.2, 0.25) is 0 Å². The van der Waals surface area contributed by atoms with E-state index in [1.54, 1.807) is 32.2 Å². The van der Waals surface area contributed by atoms with Gasteiger partial charge in [0.15, 0.2) is 5.75 Å². The Balaban J connectivity index is 1.47. The van der Waals surface area contributed by atoms with Crippen molar-refractivity contribution >= 4 is 63.8 Å². The number of likely N-dealkylation sites (N-methyl/N-ethyl adjacent to an activating group) is 2. The molecular formula is C59H82N12O12. The van der Waals surface area contributed by atoms with Crippen molar-refractivity contribution in [2.45, 2.75) is 161 Å². The van der Waals surface area contributed by atoms with Gasteiger partial charge >= 0.3 is 5.69 Å². The van der Waals surface area contributed by atoms with Crippen molar-refractivity contribution in [2.75, 3.05) is 27.2 Å². The fourth-order valence-electron chi connectivity index (χ4n) is 10.4. The summed E-state index contributed by atoms with van der Waals surface area (Å²) in [7, 11) is 2.73. The number of aromatic hydroxyl groups is 1. The highest BCUT2D eigenvalue weighted by Crippen LogP contribution is 2.36. The molecule has 4 aromatic rings. The van der Waals surface area contributed by atoms with Gasteiger partial charge in [-0.25, -0.2) is 4.98 Å². The zero-order valence-electron chi connectivity index (χ0n) is 49.3. The molecule has 4 heterocycles. The summed E-state index contributed by atoms with van der Waals surface area (Å²) >= 11 is 0. The fourth-order valence-corrected chi connectivity index (χ4v) is 10.4. The number of epoxide rings is 1. The van der Waals surface area contributed by atoms with Crippen LogP contribution < -0.4 is 31.9 Å². The number of ether oxygens (including phenoxy) is 1. The molecule has 2 aromatic carbocycles. The molecule has 2 aromatic heterocycles. The molecule has 24 heteroatoms. The van der Waals surface area contributed by atoms with E-state index in [-0.39, 0.29) is 62.2 Å². The van der Waals surface area contributed by atoms with Gasteiger partial charge < -0.3 is 61.1 Å². The van der Waals surface area contributed by atoms with Crippen molar-refractivity contribution in [3.63, 3.8) is 0 Å². The third-order valence-corrected chi connectivity index (χ3v) is 15.4. The Morgan fingerprint density at radius 1 is 0.819 bits per heavy atom. The van der Waals surface area contributed by atoms with Crippen molar-refractivity contribution in [2.24, 2.45) is 17.8 Å². The zero-order valence-corrected chi connectivity index (χ0v) is 49.3. The maximum atomic E-state index is 15.4. The number of nitro benzene ring substituents is 1. The SMILES string of the molecule is C/C=C/C[C@@H]1NC(=O)[C@H](CC(C)C)NC(=O)[C@H](CC(C)C(=O)NCCc2cnc[nH]2)N(C)C(=O)[C@H](C)NC(=O)[C@H](Cc2ccc(O)c([N+](=O)[O-])c2)NC(=O)[C@H](CC(C)C)N(C)C(=O)[C@H](Cc2cn(C(C)(C)C3CO3)c3ccccc23)NC1=O. The lowest BCUT2D eigenvalue weighted by molar-refractivity contribution is -0.385. The molecule has 2 aliphatic rings. The number of hydrogen-bond acceptors (Lipinski definition) is 13. The van der Waals surface area contributed by atoms with Gasteiger partial charge in [0.1, 0.15) is 48.4 Å². The number of allylic oxidation sites excluding steroid dienone is 1. The Morgan fingerprint density at radius 3 is 2.05 bits per heavy atom. The predicted molar refractivity (Wildman–Crippen MR) is 309 cm³/mol. The Hall–Kier alpha value is -8.15. The largest absolute Gasteiger partial charge is 0.502 e. The number of aromatic amines is 1. The first-order valence-electron chi connectivity index (χ1n) is 28.3. The molecule has 0 spiro atoms. The molecule has 9 atom stereocenters. The van der Waals surface area contributed by atoms with E-state index in [9.17, 15) is 44.0 Å². The first-order valence-corrected chi connectivity index (χ1v) is 28.3. The Kier molecular flexibility index (Phi) is 21.8. The highest BCUT2D eigenvalue weighted by Gasteiger charge is 2.43. The lowest BCUT2D eigenvalue weighted by atomic mass is 9.97. The average Bonchev–Trinajstić information content (AvgIpc) is 3.73. The van der Waals surface area contributed by atoms with E-state index >= 15 is 9.59 Å². The molecule has 2 fully saturated rings. The molecular weight excluding hydrogens is 1070 g/mol.